The van der Waals surface area contributed by atoms with Crippen LogP contribution in [0.4, 0.5) is 0 Å². The topological polar surface area (TPSA) is 55.1 Å². The molecule has 2 saturated carbocycles. The number of nitrogens with one attached hydrogen (secondary N) is 1. The zero-order valence-corrected chi connectivity index (χ0v) is 11.5. The third kappa shape index (κ3) is 2.10. The number of hydrogen-bond acceptors (Lipinski definition) is 2. The number of nitrogens with two attached hydrogens (primary N) is 1. The van der Waals surface area contributed by atoms with Crippen LogP contribution in [0.25, 0.3) is 0 Å². The fourth-order valence-corrected chi connectivity index (χ4v) is 3.29. The summed E-state index contributed by atoms with van der Waals surface area (Å²) in [5, 5.41) is 3.22. The highest BCUT2D eigenvalue weighted by Crippen LogP contribution is 2.44. The normalized spacial score (nSPS) is 38.5. The predicted molar refractivity (Wildman–Crippen MR) is 69.4 cm³/mol. The highest BCUT2D eigenvalue weighted by atomic mass is 16.2. The Bertz CT molecular complexity index is 322. The molecule has 0 radical (unpaired) electrons. The van der Waals surface area contributed by atoms with E-state index in [-0.39, 0.29) is 34.7 Å². The first-order valence-corrected chi connectivity index (χ1v) is 6.81. The minimum atomic E-state index is 0.0540. The molecule has 98 valence electrons. The first-order chi connectivity index (χ1) is 7.75. The number of carbonyl (C=O) groups is 1. The SMILES string of the molecule is CC1(C)CCCC1C(=O)NC1CC(N)C1(C)C. The van der Waals surface area contributed by atoms with Crippen molar-refractivity contribution in [3.63, 3.8) is 0 Å². The van der Waals surface area contributed by atoms with Gasteiger partial charge >= 0.3 is 0 Å². The molecule has 2 aliphatic rings. The molecule has 2 aliphatic carbocycles. The van der Waals surface area contributed by atoms with Crippen LogP contribution in [0.2, 0.25) is 0 Å². The second-order valence-corrected chi connectivity index (χ2v) is 7.16. The van der Waals surface area contributed by atoms with Gasteiger partial charge in [0.2, 0.25) is 5.91 Å². The van der Waals surface area contributed by atoms with Crippen molar-refractivity contribution in [1.29, 1.82) is 0 Å². The zero-order chi connectivity index (χ0) is 12.8. The van der Waals surface area contributed by atoms with Crippen molar-refractivity contribution < 1.29 is 4.79 Å². The number of hydrogen-bond donors (Lipinski definition) is 2. The largest absolute Gasteiger partial charge is 0.352 e. The maximum Gasteiger partial charge on any atom is 0.223 e. The molecule has 3 nitrogen and oxygen atoms in total. The van der Waals surface area contributed by atoms with Crippen LogP contribution < -0.4 is 11.1 Å². The van der Waals surface area contributed by atoms with Gasteiger partial charge in [-0.1, -0.05) is 34.1 Å². The van der Waals surface area contributed by atoms with Gasteiger partial charge in [0.15, 0.2) is 0 Å². The molecular weight excluding hydrogens is 212 g/mol. The first-order valence-electron chi connectivity index (χ1n) is 6.81. The van der Waals surface area contributed by atoms with Gasteiger partial charge in [0.05, 0.1) is 0 Å². The fourth-order valence-electron chi connectivity index (χ4n) is 3.29. The maximum atomic E-state index is 12.3. The third-order valence-electron chi connectivity index (χ3n) is 5.23. The van der Waals surface area contributed by atoms with E-state index in [1.165, 1.54) is 12.8 Å². The molecule has 0 saturated heterocycles. The van der Waals surface area contributed by atoms with Gasteiger partial charge in [-0.2, -0.15) is 0 Å². The molecule has 3 heteroatoms. The van der Waals surface area contributed by atoms with Crippen LogP contribution in [0, 0.1) is 16.7 Å². The van der Waals surface area contributed by atoms with E-state index in [0.717, 1.165) is 12.8 Å². The Hall–Kier alpha value is -0.570. The van der Waals surface area contributed by atoms with Crippen molar-refractivity contribution in [2.24, 2.45) is 22.5 Å². The summed E-state index contributed by atoms with van der Waals surface area (Å²) >= 11 is 0. The van der Waals surface area contributed by atoms with Crippen molar-refractivity contribution in [2.75, 3.05) is 0 Å². The number of amides is 1. The molecular formula is C14H26N2O. The van der Waals surface area contributed by atoms with E-state index in [2.05, 4.69) is 33.0 Å². The molecule has 0 aliphatic heterocycles. The van der Waals surface area contributed by atoms with Crippen LogP contribution in [-0.4, -0.2) is 18.0 Å². The molecule has 2 rings (SSSR count). The molecule has 0 heterocycles. The van der Waals surface area contributed by atoms with E-state index < -0.39 is 0 Å². The number of rotatable bonds is 2. The highest BCUT2D eigenvalue weighted by Gasteiger charge is 2.48. The summed E-state index contributed by atoms with van der Waals surface area (Å²) < 4.78 is 0. The van der Waals surface area contributed by atoms with E-state index >= 15 is 0 Å². The smallest absolute Gasteiger partial charge is 0.223 e. The quantitative estimate of drug-likeness (QED) is 0.773. The lowest BCUT2D eigenvalue weighted by Gasteiger charge is -2.51. The van der Waals surface area contributed by atoms with Crippen LogP contribution in [0.3, 0.4) is 0 Å². The minimum absolute atomic E-state index is 0.0540. The van der Waals surface area contributed by atoms with Crippen molar-refractivity contribution in [3.05, 3.63) is 0 Å². The Labute approximate surface area is 105 Å². The zero-order valence-electron chi connectivity index (χ0n) is 11.5. The lowest BCUT2D eigenvalue weighted by atomic mass is 9.63. The molecule has 0 aromatic rings. The predicted octanol–water partition coefficient (Wildman–Crippen LogP) is 2.05. The molecule has 0 spiro atoms. The van der Waals surface area contributed by atoms with E-state index in [9.17, 15) is 4.79 Å². The van der Waals surface area contributed by atoms with Gasteiger partial charge in [-0.25, -0.2) is 0 Å². The summed E-state index contributed by atoms with van der Waals surface area (Å²) in [5.74, 6) is 0.438. The summed E-state index contributed by atoms with van der Waals surface area (Å²) in [6.07, 6.45) is 4.31. The van der Waals surface area contributed by atoms with Gasteiger partial charge < -0.3 is 11.1 Å². The van der Waals surface area contributed by atoms with Crippen LogP contribution in [-0.2, 0) is 4.79 Å². The van der Waals surface area contributed by atoms with Gasteiger partial charge in [0.1, 0.15) is 0 Å². The summed E-state index contributed by atoms with van der Waals surface area (Å²) in [6.45, 7) is 8.71. The molecule has 3 unspecified atom stereocenters. The average molecular weight is 238 g/mol. The van der Waals surface area contributed by atoms with E-state index in [1.54, 1.807) is 0 Å². The van der Waals surface area contributed by atoms with E-state index in [4.69, 9.17) is 5.73 Å². The van der Waals surface area contributed by atoms with Crippen molar-refractivity contribution in [1.82, 2.24) is 5.32 Å². The summed E-state index contributed by atoms with van der Waals surface area (Å²) in [7, 11) is 0. The molecule has 0 bridgehead atoms. The van der Waals surface area contributed by atoms with Crippen molar-refractivity contribution in [3.8, 4) is 0 Å². The standard InChI is InChI=1S/C14H26N2O/c1-13(2)7-5-6-9(13)12(17)16-11-8-10(15)14(11,3)4/h9-11H,5-8,15H2,1-4H3,(H,16,17). The van der Waals surface area contributed by atoms with Gasteiger partial charge in [0, 0.05) is 23.4 Å². The summed E-state index contributed by atoms with van der Waals surface area (Å²) in [5.41, 5.74) is 6.20. The van der Waals surface area contributed by atoms with Gasteiger partial charge in [-0.15, -0.1) is 0 Å². The van der Waals surface area contributed by atoms with Crippen molar-refractivity contribution >= 4 is 5.91 Å². The molecule has 3 N–H and O–H groups in total. The third-order valence-corrected chi connectivity index (χ3v) is 5.23. The van der Waals surface area contributed by atoms with Crippen molar-refractivity contribution in [2.45, 2.75) is 65.5 Å². The van der Waals surface area contributed by atoms with Gasteiger partial charge in [-0.05, 0) is 24.7 Å². The van der Waals surface area contributed by atoms with Crippen LogP contribution in [0.1, 0.15) is 53.4 Å². The Morgan fingerprint density at radius 1 is 1.29 bits per heavy atom. The Kier molecular flexibility index (Phi) is 3.01. The molecule has 2 fully saturated rings. The Morgan fingerprint density at radius 2 is 1.94 bits per heavy atom. The average Bonchev–Trinajstić information content (AvgIpc) is 2.57. The fraction of sp³-hybridized carbons (Fsp3) is 0.929. The molecule has 3 atom stereocenters. The van der Waals surface area contributed by atoms with Gasteiger partial charge in [0.25, 0.3) is 0 Å². The highest BCUT2D eigenvalue weighted by molar-refractivity contribution is 5.80. The lowest BCUT2D eigenvalue weighted by Crippen LogP contribution is -2.65. The Balaban J connectivity index is 1.95. The van der Waals surface area contributed by atoms with Crippen LogP contribution >= 0.6 is 0 Å². The molecule has 0 aromatic heterocycles. The maximum absolute atomic E-state index is 12.3. The monoisotopic (exact) mass is 238 g/mol. The van der Waals surface area contributed by atoms with E-state index in [1.807, 2.05) is 0 Å². The van der Waals surface area contributed by atoms with Crippen LogP contribution in [0.5, 0.6) is 0 Å². The van der Waals surface area contributed by atoms with E-state index in [0.29, 0.717) is 0 Å². The molecule has 0 aromatic carbocycles. The first kappa shape index (κ1) is 12.9. The number of carbonyl (C=O) groups excluding carboxylic acids is 1. The minimum Gasteiger partial charge on any atom is -0.352 e. The Morgan fingerprint density at radius 3 is 2.35 bits per heavy atom. The summed E-state index contributed by atoms with van der Waals surface area (Å²) in [4.78, 5) is 12.3. The summed E-state index contributed by atoms with van der Waals surface area (Å²) in [6, 6.07) is 0.491. The van der Waals surface area contributed by atoms with Crippen LogP contribution in [0.15, 0.2) is 0 Å². The second kappa shape index (κ2) is 3.98. The molecule has 1 amide bonds. The lowest BCUT2D eigenvalue weighted by molar-refractivity contribution is -0.130. The molecule has 17 heavy (non-hydrogen) atoms. The van der Waals surface area contributed by atoms with Gasteiger partial charge in [-0.3, -0.25) is 4.79 Å². The second-order valence-electron chi connectivity index (χ2n) is 7.16.